The number of piperidine rings is 1. The lowest BCUT2D eigenvalue weighted by Crippen LogP contribution is -2.33. The Hall–Kier alpha value is -1.25. The van der Waals surface area contributed by atoms with Crippen LogP contribution in [0.25, 0.3) is 0 Å². The number of nitro groups is 1. The van der Waals surface area contributed by atoms with E-state index in [0.717, 1.165) is 25.9 Å². The molecule has 0 atom stereocenters. The molecular formula is C12H17BrN4O3. The van der Waals surface area contributed by atoms with Crippen molar-refractivity contribution in [2.24, 2.45) is 0 Å². The number of hydrogen-bond donors (Lipinski definition) is 2. The van der Waals surface area contributed by atoms with Gasteiger partial charge in [0.05, 0.1) is 17.6 Å². The summed E-state index contributed by atoms with van der Waals surface area (Å²) in [6.07, 6.45) is 3.84. The van der Waals surface area contributed by atoms with Crippen LogP contribution >= 0.6 is 15.9 Å². The van der Waals surface area contributed by atoms with Crippen LogP contribution in [0.15, 0.2) is 16.7 Å². The third kappa shape index (κ3) is 4.39. The Morgan fingerprint density at radius 2 is 2.30 bits per heavy atom. The molecule has 110 valence electrons. The topological polar surface area (TPSA) is 89.3 Å². The van der Waals surface area contributed by atoms with Gasteiger partial charge in [0.2, 0.25) is 5.82 Å². The summed E-state index contributed by atoms with van der Waals surface area (Å²) in [6.45, 7) is 2.98. The molecule has 1 aromatic rings. The fraction of sp³-hybridized carbons (Fsp3) is 0.583. The molecule has 7 nitrogen and oxygen atoms in total. The van der Waals surface area contributed by atoms with Gasteiger partial charge in [0.1, 0.15) is 0 Å². The second-order valence-corrected chi connectivity index (χ2v) is 5.44. The van der Waals surface area contributed by atoms with Crippen LogP contribution in [0, 0.1) is 10.1 Å². The summed E-state index contributed by atoms with van der Waals surface area (Å²) < 4.78 is 6.30. The molecule has 2 rings (SSSR count). The Kier molecular flexibility index (Phi) is 5.69. The first kappa shape index (κ1) is 15.1. The molecule has 0 bridgehead atoms. The van der Waals surface area contributed by atoms with Crippen LogP contribution in [0.5, 0.6) is 0 Å². The van der Waals surface area contributed by atoms with Gasteiger partial charge in [-0.3, -0.25) is 10.1 Å². The molecule has 2 heterocycles. The van der Waals surface area contributed by atoms with E-state index in [0.29, 0.717) is 17.6 Å². The minimum absolute atomic E-state index is 0.0405. The third-order valence-electron chi connectivity index (χ3n) is 3.07. The molecule has 0 spiro atoms. The van der Waals surface area contributed by atoms with Crippen molar-refractivity contribution in [3.05, 3.63) is 26.9 Å². The summed E-state index contributed by atoms with van der Waals surface area (Å²) in [4.78, 5) is 14.5. The third-order valence-corrected chi connectivity index (χ3v) is 3.50. The van der Waals surface area contributed by atoms with E-state index in [1.807, 2.05) is 0 Å². The van der Waals surface area contributed by atoms with E-state index >= 15 is 0 Å². The number of anilines is 1. The molecule has 1 aliphatic heterocycles. The van der Waals surface area contributed by atoms with E-state index in [9.17, 15) is 10.1 Å². The molecule has 1 aromatic heterocycles. The number of pyridine rings is 1. The van der Waals surface area contributed by atoms with Crippen molar-refractivity contribution < 1.29 is 9.66 Å². The molecule has 0 radical (unpaired) electrons. The molecule has 8 heteroatoms. The highest BCUT2D eigenvalue weighted by Gasteiger charge is 2.16. The van der Waals surface area contributed by atoms with Crippen LogP contribution in [0.1, 0.15) is 12.8 Å². The Balaban J connectivity index is 1.80. The predicted octanol–water partition coefficient (Wildman–Crippen LogP) is 1.93. The number of nitrogens with zero attached hydrogens (tertiary/aromatic N) is 2. The quantitative estimate of drug-likeness (QED) is 0.465. The predicted molar refractivity (Wildman–Crippen MR) is 78.9 cm³/mol. The van der Waals surface area contributed by atoms with Gasteiger partial charge in [-0.15, -0.1) is 0 Å². The van der Waals surface area contributed by atoms with E-state index in [4.69, 9.17) is 4.74 Å². The second kappa shape index (κ2) is 7.51. The summed E-state index contributed by atoms with van der Waals surface area (Å²) in [5.74, 6) is 0.270. The molecule has 1 saturated heterocycles. The fourth-order valence-corrected chi connectivity index (χ4v) is 2.38. The fourth-order valence-electron chi connectivity index (χ4n) is 2.06. The van der Waals surface area contributed by atoms with Crippen LogP contribution in [0.3, 0.4) is 0 Å². The highest BCUT2D eigenvalue weighted by atomic mass is 79.9. The Labute approximate surface area is 125 Å². The number of halogens is 1. The van der Waals surface area contributed by atoms with Crippen molar-refractivity contribution in [3.8, 4) is 0 Å². The second-order valence-electron chi connectivity index (χ2n) is 4.53. The lowest BCUT2D eigenvalue weighted by atomic mass is 10.1. The van der Waals surface area contributed by atoms with Crippen LogP contribution in [-0.4, -0.2) is 42.3 Å². The van der Waals surface area contributed by atoms with Gasteiger partial charge in [0, 0.05) is 23.3 Å². The van der Waals surface area contributed by atoms with Crippen molar-refractivity contribution in [3.63, 3.8) is 0 Å². The van der Waals surface area contributed by atoms with E-state index in [1.165, 1.54) is 12.3 Å². The van der Waals surface area contributed by atoms with Crippen LogP contribution in [-0.2, 0) is 4.74 Å². The lowest BCUT2D eigenvalue weighted by Gasteiger charge is -2.22. The first-order chi connectivity index (χ1) is 9.66. The zero-order chi connectivity index (χ0) is 14.4. The van der Waals surface area contributed by atoms with Gasteiger partial charge in [-0.2, -0.15) is 0 Å². The molecule has 0 saturated carbocycles. The van der Waals surface area contributed by atoms with Crippen LogP contribution in [0.4, 0.5) is 11.5 Å². The highest BCUT2D eigenvalue weighted by Crippen LogP contribution is 2.24. The minimum atomic E-state index is -0.451. The van der Waals surface area contributed by atoms with Crippen LogP contribution < -0.4 is 10.6 Å². The summed E-state index contributed by atoms with van der Waals surface area (Å²) in [7, 11) is 0. The molecular weight excluding hydrogens is 328 g/mol. The van der Waals surface area contributed by atoms with E-state index in [-0.39, 0.29) is 17.6 Å². The molecule has 0 amide bonds. The van der Waals surface area contributed by atoms with Gasteiger partial charge >= 0.3 is 5.69 Å². The average Bonchev–Trinajstić information content (AvgIpc) is 2.45. The average molecular weight is 345 g/mol. The maximum atomic E-state index is 10.9. The Morgan fingerprint density at radius 1 is 1.55 bits per heavy atom. The first-order valence-corrected chi connectivity index (χ1v) is 7.32. The summed E-state index contributed by atoms with van der Waals surface area (Å²) in [6, 6.07) is 1.43. The van der Waals surface area contributed by atoms with E-state index in [2.05, 4.69) is 31.5 Å². The zero-order valence-corrected chi connectivity index (χ0v) is 12.6. The monoisotopic (exact) mass is 344 g/mol. The van der Waals surface area contributed by atoms with Crippen molar-refractivity contribution >= 4 is 27.4 Å². The number of hydrogen-bond acceptors (Lipinski definition) is 6. The first-order valence-electron chi connectivity index (χ1n) is 6.53. The number of aromatic nitrogens is 1. The van der Waals surface area contributed by atoms with Gasteiger partial charge in [0.25, 0.3) is 0 Å². The summed E-state index contributed by atoms with van der Waals surface area (Å²) in [5, 5.41) is 17.1. The summed E-state index contributed by atoms with van der Waals surface area (Å²) >= 11 is 3.17. The zero-order valence-electron chi connectivity index (χ0n) is 11.0. The number of rotatable bonds is 6. The van der Waals surface area contributed by atoms with Gasteiger partial charge in [-0.05, 0) is 41.9 Å². The number of ether oxygens (including phenoxy) is 1. The molecule has 2 N–H and O–H groups in total. The van der Waals surface area contributed by atoms with Crippen LogP contribution in [0.2, 0.25) is 0 Å². The maximum Gasteiger partial charge on any atom is 0.312 e. The normalized spacial score (nSPS) is 16.1. The van der Waals surface area contributed by atoms with E-state index in [1.54, 1.807) is 0 Å². The SMILES string of the molecule is O=[N+]([O-])c1cc(Br)cnc1NCCOC1CCNCC1. The standard InChI is InChI=1S/C12H17BrN4O3/c13-9-7-11(17(18)19)12(16-8-9)15-5-6-20-10-1-3-14-4-2-10/h7-8,10,14H,1-6H2,(H,15,16). The van der Waals surface area contributed by atoms with Gasteiger partial charge in [-0.25, -0.2) is 4.98 Å². The Morgan fingerprint density at radius 3 is 3.00 bits per heavy atom. The van der Waals surface area contributed by atoms with Crippen molar-refractivity contribution in [1.82, 2.24) is 10.3 Å². The molecule has 1 aliphatic rings. The number of nitrogens with one attached hydrogen (secondary N) is 2. The van der Waals surface area contributed by atoms with Crippen molar-refractivity contribution in [2.45, 2.75) is 18.9 Å². The largest absolute Gasteiger partial charge is 0.376 e. The summed E-state index contributed by atoms with van der Waals surface area (Å²) in [5.41, 5.74) is -0.0405. The highest BCUT2D eigenvalue weighted by molar-refractivity contribution is 9.10. The molecule has 0 aromatic carbocycles. The Bertz CT molecular complexity index is 466. The lowest BCUT2D eigenvalue weighted by molar-refractivity contribution is -0.384. The van der Waals surface area contributed by atoms with Gasteiger partial charge in [-0.1, -0.05) is 0 Å². The van der Waals surface area contributed by atoms with E-state index < -0.39 is 4.92 Å². The molecule has 1 fully saturated rings. The van der Waals surface area contributed by atoms with Crippen molar-refractivity contribution in [1.29, 1.82) is 0 Å². The maximum absolute atomic E-state index is 10.9. The minimum Gasteiger partial charge on any atom is -0.376 e. The molecule has 0 unspecified atom stereocenters. The molecule has 20 heavy (non-hydrogen) atoms. The van der Waals surface area contributed by atoms with Gasteiger partial charge < -0.3 is 15.4 Å². The van der Waals surface area contributed by atoms with Crippen molar-refractivity contribution in [2.75, 3.05) is 31.6 Å². The van der Waals surface area contributed by atoms with Gasteiger partial charge in [0.15, 0.2) is 0 Å². The smallest absolute Gasteiger partial charge is 0.312 e. The molecule has 0 aliphatic carbocycles.